The van der Waals surface area contributed by atoms with Gasteiger partial charge in [0.25, 0.3) is 0 Å². The molecule has 120 valence electrons. The minimum atomic E-state index is 0.876. The average Bonchev–Trinajstić information content (AvgIpc) is 2.89. The molecule has 0 spiro atoms. The highest BCUT2D eigenvalue weighted by Crippen LogP contribution is 2.39. The van der Waals surface area contributed by atoms with Crippen molar-refractivity contribution in [2.45, 2.75) is 37.3 Å². The van der Waals surface area contributed by atoms with Crippen LogP contribution >= 0.6 is 23.1 Å². The van der Waals surface area contributed by atoms with E-state index < -0.39 is 0 Å². The maximum Gasteiger partial charge on any atom is 0.190 e. The number of hydrogen-bond donors (Lipinski definition) is 1. The van der Waals surface area contributed by atoms with Gasteiger partial charge in [0.1, 0.15) is 10.6 Å². The van der Waals surface area contributed by atoms with Crippen molar-refractivity contribution in [2.24, 2.45) is 0 Å². The summed E-state index contributed by atoms with van der Waals surface area (Å²) < 4.78 is 0. The Hall–Kier alpha value is -0.850. The Morgan fingerprint density at radius 3 is 2.82 bits per heavy atom. The lowest BCUT2D eigenvalue weighted by atomic mass is 9.97. The number of anilines is 1. The highest BCUT2D eigenvalue weighted by atomic mass is 32.2. The van der Waals surface area contributed by atoms with Gasteiger partial charge in [0.2, 0.25) is 0 Å². The van der Waals surface area contributed by atoms with Crippen molar-refractivity contribution in [1.82, 2.24) is 14.9 Å². The average molecular weight is 337 g/mol. The summed E-state index contributed by atoms with van der Waals surface area (Å²) in [6.07, 6.45) is 8.18. The van der Waals surface area contributed by atoms with Crippen molar-refractivity contribution >= 4 is 39.1 Å². The lowest BCUT2D eigenvalue weighted by molar-refractivity contribution is 0.405. The summed E-state index contributed by atoms with van der Waals surface area (Å²) in [6, 6.07) is 0. The molecule has 0 aliphatic heterocycles. The van der Waals surface area contributed by atoms with Gasteiger partial charge in [-0.3, -0.25) is 0 Å². The van der Waals surface area contributed by atoms with E-state index in [-0.39, 0.29) is 0 Å². The lowest BCUT2D eigenvalue weighted by Crippen LogP contribution is -2.17. The number of nitrogens with one attached hydrogen (secondary N) is 1. The van der Waals surface area contributed by atoms with Gasteiger partial charge in [-0.25, -0.2) is 9.97 Å². The molecule has 2 aromatic heterocycles. The number of nitrogens with zero attached hydrogens (tertiary/aromatic N) is 3. The molecule has 0 fully saturated rings. The van der Waals surface area contributed by atoms with Crippen LogP contribution in [0.2, 0.25) is 0 Å². The van der Waals surface area contributed by atoms with E-state index in [1.54, 1.807) is 11.8 Å². The van der Waals surface area contributed by atoms with Gasteiger partial charge in [-0.15, -0.1) is 11.3 Å². The van der Waals surface area contributed by atoms with Crippen LogP contribution in [0.25, 0.3) is 10.2 Å². The van der Waals surface area contributed by atoms with Crippen LogP contribution in [-0.2, 0) is 12.8 Å². The first kappa shape index (κ1) is 16.0. The van der Waals surface area contributed by atoms with E-state index in [1.165, 1.54) is 46.3 Å². The number of rotatable bonds is 6. The van der Waals surface area contributed by atoms with Crippen LogP contribution in [0.3, 0.4) is 0 Å². The third-order valence-corrected chi connectivity index (χ3v) is 5.78. The van der Waals surface area contributed by atoms with Crippen molar-refractivity contribution in [3.63, 3.8) is 0 Å². The zero-order chi connectivity index (χ0) is 15.5. The summed E-state index contributed by atoms with van der Waals surface area (Å²) in [5, 5.41) is 5.74. The van der Waals surface area contributed by atoms with Crippen molar-refractivity contribution in [2.75, 3.05) is 38.8 Å². The molecule has 0 aromatic carbocycles. The van der Waals surface area contributed by atoms with Crippen molar-refractivity contribution in [3.8, 4) is 0 Å². The van der Waals surface area contributed by atoms with Gasteiger partial charge in [0.15, 0.2) is 5.16 Å². The van der Waals surface area contributed by atoms with Gasteiger partial charge >= 0.3 is 0 Å². The smallest absolute Gasteiger partial charge is 0.190 e. The molecule has 6 heteroatoms. The summed E-state index contributed by atoms with van der Waals surface area (Å²) in [5.74, 6) is 1.05. The molecule has 22 heavy (non-hydrogen) atoms. The predicted molar refractivity (Wildman–Crippen MR) is 97.5 cm³/mol. The molecule has 0 amide bonds. The maximum absolute atomic E-state index is 4.75. The Labute approximate surface area is 140 Å². The third-order valence-electron chi connectivity index (χ3n) is 4.05. The van der Waals surface area contributed by atoms with Gasteiger partial charge in [0.05, 0.1) is 5.39 Å². The molecular formula is C16H24N4S2. The standard InChI is InChI=1S/C16H24N4S2/c1-20(2)10-6-9-17-14-13-11-7-4-5-8-12(11)22-15(13)19-16(18-14)21-3/h4-10H2,1-3H3,(H,17,18,19). The number of aromatic nitrogens is 2. The van der Waals surface area contributed by atoms with E-state index in [2.05, 4.69) is 24.3 Å². The van der Waals surface area contributed by atoms with Crippen LogP contribution < -0.4 is 5.32 Å². The fraction of sp³-hybridized carbons (Fsp3) is 0.625. The minimum Gasteiger partial charge on any atom is -0.369 e. The lowest BCUT2D eigenvalue weighted by Gasteiger charge is -2.14. The highest BCUT2D eigenvalue weighted by molar-refractivity contribution is 7.98. The van der Waals surface area contributed by atoms with Crippen LogP contribution in [0.1, 0.15) is 29.7 Å². The van der Waals surface area contributed by atoms with Crippen LogP contribution in [0.15, 0.2) is 5.16 Å². The zero-order valence-electron chi connectivity index (χ0n) is 13.6. The predicted octanol–water partition coefficient (Wildman–Crippen LogP) is 3.66. The first-order valence-electron chi connectivity index (χ1n) is 7.94. The van der Waals surface area contributed by atoms with Crippen LogP contribution in [-0.4, -0.2) is 48.3 Å². The second kappa shape index (κ2) is 7.15. The van der Waals surface area contributed by atoms with Crippen molar-refractivity contribution < 1.29 is 0 Å². The monoisotopic (exact) mass is 336 g/mol. The summed E-state index contributed by atoms with van der Waals surface area (Å²) in [5.41, 5.74) is 1.51. The molecule has 0 bridgehead atoms. The topological polar surface area (TPSA) is 41.1 Å². The normalized spacial score (nSPS) is 14.5. The van der Waals surface area contributed by atoms with Crippen LogP contribution in [0.5, 0.6) is 0 Å². The van der Waals surface area contributed by atoms with E-state index in [0.717, 1.165) is 30.5 Å². The number of aryl methyl sites for hydroxylation is 2. The summed E-state index contributed by atoms with van der Waals surface area (Å²) in [7, 11) is 4.23. The first-order chi connectivity index (χ1) is 10.7. The molecule has 1 N–H and O–H groups in total. The second-order valence-electron chi connectivity index (χ2n) is 6.03. The summed E-state index contributed by atoms with van der Waals surface area (Å²) in [4.78, 5) is 14.4. The molecule has 0 saturated heterocycles. The molecule has 0 radical (unpaired) electrons. The largest absolute Gasteiger partial charge is 0.369 e. The van der Waals surface area contributed by atoms with E-state index in [0.29, 0.717) is 0 Å². The van der Waals surface area contributed by atoms with Crippen molar-refractivity contribution in [1.29, 1.82) is 0 Å². The molecule has 0 unspecified atom stereocenters. The van der Waals surface area contributed by atoms with Crippen molar-refractivity contribution in [3.05, 3.63) is 10.4 Å². The number of thiophene rings is 1. The van der Waals surface area contributed by atoms with E-state index in [1.807, 2.05) is 17.6 Å². The molecule has 0 atom stereocenters. The summed E-state index contributed by atoms with van der Waals surface area (Å²) >= 11 is 3.50. The van der Waals surface area contributed by atoms with Gasteiger partial charge < -0.3 is 10.2 Å². The zero-order valence-corrected chi connectivity index (χ0v) is 15.2. The number of fused-ring (bicyclic) bond motifs is 3. The minimum absolute atomic E-state index is 0.876. The van der Waals surface area contributed by atoms with E-state index >= 15 is 0 Å². The highest BCUT2D eigenvalue weighted by Gasteiger charge is 2.20. The Morgan fingerprint density at radius 2 is 2.05 bits per heavy atom. The van der Waals surface area contributed by atoms with Gasteiger partial charge in [-0.2, -0.15) is 0 Å². The SMILES string of the molecule is CSc1nc(NCCCN(C)C)c2c3c(sc2n1)CCCC3. The molecular weight excluding hydrogens is 312 g/mol. The number of hydrogen-bond acceptors (Lipinski definition) is 6. The Balaban J connectivity index is 1.90. The Bertz CT molecular complexity index is 651. The third kappa shape index (κ3) is 3.39. The fourth-order valence-corrected chi connectivity index (χ4v) is 4.64. The van der Waals surface area contributed by atoms with E-state index in [4.69, 9.17) is 9.97 Å². The molecule has 1 aliphatic rings. The molecule has 2 aromatic rings. The quantitative estimate of drug-likeness (QED) is 0.495. The number of thioether (sulfide) groups is 1. The molecule has 3 rings (SSSR count). The first-order valence-corrected chi connectivity index (χ1v) is 9.98. The van der Waals surface area contributed by atoms with Crippen LogP contribution in [0, 0.1) is 0 Å². The molecule has 1 aliphatic carbocycles. The second-order valence-corrected chi connectivity index (χ2v) is 7.89. The van der Waals surface area contributed by atoms with Gasteiger partial charge in [-0.05, 0) is 64.6 Å². The van der Waals surface area contributed by atoms with Crippen LogP contribution in [0.4, 0.5) is 5.82 Å². The molecule has 4 nitrogen and oxygen atoms in total. The molecule has 0 saturated carbocycles. The Morgan fingerprint density at radius 1 is 1.23 bits per heavy atom. The van der Waals surface area contributed by atoms with Gasteiger partial charge in [0, 0.05) is 11.4 Å². The van der Waals surface area contributed by atoms with Gasteiger partial charge in [-0.1, -0.05) is 11.8 Å². The van der Waals surface area contributed by atoms with E-state index in [9.17, 15) is 0 Å². The maximum atomic E-state index is 4.75. The Kier molecular flexibility index (Phi) is 5.21. The summed E-state index contributed by atoms with van der Waals surface area (Å²) in [6.45, 7) is 2.06. The molecule has 2 heterocycles. The fourth-order valence-electron chi connectivity index (χ4n) is 2.96.